The van der Waals surface area contributed by atoms with E-state index in [1.807, 2.05) is 0 Å². The van der Waals surface area contributed by atoms with E-state index >= 15 is 0 Å². The fourth-order valence-electron chi connectivity index (χ4n) is 0.834. The van der Waals surface area contributed by atoms with Crippen LogP contribution in [0.5, 0.6) is 12.0 Å². The number of nitrogens with one attached hydrogen (secondary N) is 1. The molecular formula is C8H14N4O3. The van der Waals surface area contributed by atoms with Crippen molar-refractivity contribution < 1.29 is 14.6 Å². The summed E-state index contributed by atoms with van der Waals surface area (Å²) in [5.41, 5.74) is 0. The lowest BCUT2D eigenvalue weighted by atomic mass is 10.5. The van der Waals surface area contributed by atoms with Crippen molar-refractivity contribution in [3.05, 3.63) is 0 Å². The number of aliphatic hydroxyl groups excluding tert-OH is 1. The molecule has 0 amide bonds. The third-order valence-electron chi connectivity index (χ3n) is 1.53. The first kappa shape index (κ1) is 11.4. The molecule has 0 fully saturated rings. The molecule has 0 atom stereocenters. The molecule has 1 rings (SSSR count). The number of anilines is 1. The number of aliphatic hydroxyl groups is 1. The molecule has 2 N–H and O–H groups in total. The van der Waals surface area contributed by atoms with E-state index in [-0.39, 0.29) is 18.6 Å². The smallest absolute Gasteiger partial charge is 0.324 e. The molecule has 0 aliphatic carbocycles. The van der Waals surface area contributed by atoms with E-state index in [4.69, 9.17) is 14.6 Å². The minimum atomic E-state index is 0.0705. The van der Waals surface area contributed by atoms with Gasteiger partial charge in [-0.3, -0.25) is 0 Å². The fraction of sp³-hybridized carbons (Fsp3) is 0.625. The van der Waals surface area contributed by atoms with Crippen molar-refractivity contribution >= 4 is 5.95 Å². The van der Waals surface area contributed by atoms with Crippen LogP contribution < -0.4 is 14.8 Å². The van der Waals surface area contributed by atoms with E-state index in [0.717, 1.165) is 0 Å². The van der Waals surface area contributed by atoms with Gasteiger partial charge in [0.05, 0.1) is 13.7 Å². The van der Waals surface area contributed by atoms with Crippen LogP contribution in [-0.2, 0) is 0 Å². The zero-order valence-electron chi connectivity index (χ0n) is 8.73. The summed E-state index contributed by atoms with van der Waals surface area (Å²) < 4.78 is 10.1. The average Bonchev–Trinajstić information content (AvgIpc) is 2.29. The summed E-state index contributed by atoms with van der Waals surface area (Å²) in [6.07, 6.45) is 0.531. The molecule has 7 heteroatoms. The fourth-order valence-corrected chi connectivity index (χ4v) is 0.834. The molecule has 0 spiro atoms. The van der Waals surface area contributed by atoms with Gasteiger partial charge in [-0.1, -0.05) is 0 Å². The van der Waals surface area contributed by atoms with Crippen molar-refractivity contribution in [2.45, 2.75) is 6.42 Å². The Hall–Kier alpha value is -1.63. The van der Waals surface area contributed by atoms with Crippen LogP contribution in [0.4, 0.5) is 5.95 Å². The molecule has 0 radical (unpaired) electrons. The van der Waals surface area contributed by atoms with Crippen molar-refractivity contribution in [2.24, 2.45) is 0 Å². The summed E-state index contributed by atoms with van der Waals surface area (Å²) in [6, 6.07) is 0.369. The zero-order valence-corrected chi connectivity index (χ0v) is 8.73. The van der Waals surface area contributed by atoms with E-state index in [1.165, 1.54) is 7.11 Å². The molecule has 1 aromatic rings. The number of nitrogens with zero attached hydrogens (tertiary/aromatic N) is 3. The Kier molecular flexibility index (Phi) is 4.55. The first-order valence-corrected chi connectivity index (χ1v) is 4.51. The van der Waals surface area contributed by atoms with E-state index in [9.17, 15) is 0 Å². The Labute approximate surface area is 87.5 Å². The number of hydrogen-bond acceptors (Lipinski definition) is 7. The van der Waals surface area contributed by atoms with Crippen LogP contribution in [-0.4, -0.2) is 47.4 Å². The topological polar surface area (TPSA) is 89.4 Å². The summed E-state index contributed by atoms with van der Waals surface area (Å²) >= 11 is 0. The van der Waals surface area contributed by atoms with Crippen molar-refractivity contribution in [3.8, 4) is 12.0 Å². The van der Waals surface area contributed by atoms with Gasteiger partial charge >= 0.3 is 12.0 Å². The normalized spacial score (nSPS) is 9.80. The Balaban J connectivity index is 2.68. The summed E-state index contributed by atoms with van der Waals surface area (Å²) in [7, 11) is 3.15. The van der Waals surface area contributed by atoms with Gasteiger partial charge in [-0.2, -0.15) is 9.97 Å². The summed E-state index contributed by atoms with van der Waals surface area (Å²) in [6.45, 7) is 0.425. The van der Waals surface area contributed by atoms with Crippen LogP contribution in [0, 0.1) is 0 Å². The van der Waals surface area contributed by atoms with Gasteiger partial charge in [0.15, 0.2) is 0 Å². The van der Waals surface area contributed by atoms with Gasteiger partial charge in [0, 0.05) is 20.1 Å². The second kappa shape index (κ2) is 5.97. The Bertz CT molecular complexity index is 286. The highest BCUT2D eigenvalue weighted by molar-refractivity contribution is 5.26. The summed E-state index contributed by atoms with van der Waals surface area (Å²) in [5.74, 6) is 0.376. The van der Waals surface area contributed by atoms with E-state index in [2.05, 4.69) is 20.3 Å². The lowest BCUT2D eigenvalue weighted by molar-refractivity contribution is 0.221. The van der Waals surface area contributed by atoms with Crippen LogP contribution in [0.2, 0.25) is 0 Å². The SMILES string of the molecule is CNc1nc(OC)nc(OCCCO)n1. The standard InChI is InChI=1S/C8H14N4O3/c1-9-6-10-7(14-2)12-8(11-6)15-5-3-4-13/h13H,3-5H2,1-2H3,(H,9,10,11,12). The van der Waals surface area contributed by atoms with Gasteiger partial charge in [-0.05, 0) is 0 Å². The van der Waals surface area contributed by atoms with Crippen molar-refractivity contribution in [1.29, 1.82) is 0 Å². The van der Waals surface area contributed by atoms with E-state index in [1.54, 1.807) is 7.05 Å². The molecule has 0 saturated heterocycles. The molecule has 15 heavy (non-hydrogen) atoms. The van der Waals surface area contributed by atoms with Gasteiger partial charge in [-0.15, -0.1) is 4.98 Å². The van der Waals surface area contributed by atoms with Gasteiger partial charge in [0.25, 0.3) is 0 Å². The van der Waals surface area contributed by atoms with Crippen LogP contribution in [0.3, 0.4) is 0 Å². The maximum Gasteiger partial charge on any atom is 0.324 e. The van der Waals surface area contributed by atoms with Gasteiger partial charge in [0.2, 0.25) is 5.95 Å². The maximum absolute atomic E-state index is 8.58. The Morgan fingerprint density at radius 3 is 2.60 bits per heavy atom. The zero-order chi connectivity index (χ0) is 11.1. The molecule has 0 aliphatic rings. The molecule has 0 unspecified atom stereocenters. The second-order valence-corrected chi connectivity index (χ2v) is 2.60. The predicted molar refractivity (Wildman–Crippen MR) is 53.1 cm³/mol. The van der Waals surface area contributed by atoms with Crippen LogP contribution >= 0.6 is 0 Å². The molecule has 7 nitrogen and oxygen atoms in total. The predicted octanol–water partition coefficient (Wildman–Crippen LogP) is -0.317. The number of aromatic nitrogens is 3. The van der Waals surface area contributed by atoms with E-state index < -0.39 is 0 Å². The first-order chi connectivity index (χ1) is 7.30. The third-order valence-corrected chi connectivity index (χ3v) is 1.53. The first-order valence-electron chi connectivity index (χ1n) is 4.51. The highest BCUT2D eigenvalue weighted by Crippen LogP contribution is 2.11. The van der Waals surface area contributed by atoms with Crippen molar-refractivity contribution in [1.82, 2.24) is 15.0 Å². The number of ether oxygens (including phenoxy) is 2. The second-order valence-electron chi connectivity index (χ2n) is 2.60. The Morgan fingerprint density at radius 2 is 2.00 bits per heavy atom. The van der Waals surface area contributed by atoms with Crippen LogP contribution in [0.15, 0.2) is 0 Å². The minimum Gasteiger partial charge on any atom is -0.467 e. The summed E-state index contributed by atoms with van der Waals surface area (Å²) in [4.78, 5) is 11.8. The molecule has 0 bridgehead atoms. The monoisotopic (exact) mass is 214 g/mol. The minimum absolute atomic E-state index is 0.0705. The lowest BCUT2D eigenvalue weighted by Gasteiger charge is -2.06. The molecule has 84 valence electrons. The summed E-state index contributed by atoms with van der Waals surface area (Å²) in [5, 5.41) is 11.3. The van der Waals surface area contributed by atoms with Crippen molar-refractivity contribution in [2.75, 3.05) is 32.7 Å². The average molecular weight is 214 g/mol. The highest BCUT2D eigenvalue weighted by atomic mass is 16.5. The van der Waals surface area contributed by atoms with Crippen LogP contribution in [0.1, 0.15) is 6.42 Å². The quantitative estimate of drug-likeness (QED) is 0.627. The molecule has 0 aromatic carbocycles. The van der Waals surface area contributed by atoms with E-state index in [0.29, 0.717) is 19.0 Å². The molecule has 1 heterocycles. The van der Waals surface area contributed by atoms with Gasteiger partial charge < -0.3 is 19.9 Å². The van der Waals surface area contributed by atoms with Gasteiger partial charge in [0.1, 0.15) is 0 Å². The van der Waals surface area contributed by atoms with Crippen molar-refractivity contribution in [3.63, 3.8) is 0 Å². The largest absolute Gasteiger partial charge is 0.467 e. The Morgan fingerprint density at radius 1 is 1.27 bits per heavy atom. The third kappa shape index (κ3) is 3.55. The van der Waals surface area contributed by atoms with Gasteiger partial charge in [-0.25, -0.2) is 0 Å². The molecule has 1 aromatic heterocycles. The number of methoxy groups -OCH3 is 1. The highest BCUT2D eigenvalue weighted by Gasteiger charge is 2.06. The molecule has 0 aliphatic heterocycles. The number of rotatable bonds is 6. The van der Waals surface area contributed by atoms with Crippen LogP contribution in [0.25, 0.3) is 0 Å². The lowest BCUT2D eigenvalue weighted by Crippen LogP contribution is -2.07. The number of hydrogen-bond donors (Lipinski definition) is 2. The molecule has 0 saturated carbocycles. The molecular weight excluding hydrogens is 200 g/mol. The maximum atomic E-state index is 8.58.